The zero-order valence-corrected chi connectivity index (χ0v) is 7.13. The number of carbonyl (C=O) groups is 1. The average Bonchev–Trinajstić information content (AvgIpc) is 2.51. The molecule has 0 aliphatic carbocycles. The first kappa shape index (κ1) is 11.0. The summed E-state index contributed by atoms with van der Waals surface area (Å²) in [5, 5.41) is 18.4. The quantitative estimate of drug-likeness (QED) is 0.589. The van der Waals surface area contributed by atoms with Crippen molar-refractivity contribution in [3.05, 3.63) is 22.5 Å². The number of aliphatic carboxylic acids is 1. The number of halogens is 2. The van der Waals surface area contributed by atoms with Crippen LogP contribution in [0.3, 0.4) is 0 Å². The maximum atomic E-state index is 12.7. The molecule has 0 aliphatic rings. The van der Waals surface area contributed by atoms with Gasteiger partial charge in [0.15, 0.2) is 0 Å². The van der Waals surface area contributed by atoms with Gasteiger partial charge in [0.1, 0.15) is 18.9 Å². The Morgan fingerprint density at radius 1 is 1.73 bits per heavy atom. The standard InChI is InChI=1S/C6H5F2N3O4/c7-6(8,4(12)13)3-10-2-1-9-5(10)11(14)15/h1-2H,3H2,(H,12,13). The summed E-state index contributed by atoms with van der Waals surface area (Å²) in [7, 11) is 0. The van der Waals surface area contributed by atoms with Crippen LogP contribution in [-0.2, 0) is 11.3 Å². The topological polar surface area (TPSA) is 98.3 Å². The molecule has 0 spiro atoms. The van der Waals surface area contributed by atoms with E-state index >= 15 is 0 Å². The Kier molecular flexibility index (Phi) is 2.64. The van der Waals surface area contributed by atoms with Gasteiger partial charge in [-0.05, 0) is 4.92 Å². The number of imidazole rings is 1. The number of carboxylic acids is 1. The molecule has 0 saturated heterocycles. The first-order valence-electron chi connectivity index (χ1n) is 3.61. The van der Waals surface area contributed by atoms with Gasteiger partial charge in [-0.25, -0.2) is 9.36 Å². The van der Waals surface area contributed by atoms with Gasteiger partial charge in [0.25, 0.3) is 0 Å². The number of hydrogen-bond donors (Lipinski definition) is 1. The summed E-state index contributed by atoms with van der Waals surface area (Å²) in [6.45, 7) is -1.32. The van der Waals surface area contributed by atoms with Crippen LogP contribution in [0.25, 0.3) is 0 Å². The first-order valence-corrected chi connectivity index (χ1v) is 3.61. The number of carboxylic acid groups (broad SMARTS) is 1. The summed E-state index contributed by atoms with van der Waals surface area (Å²) in [6, 6.07) is 0. The van der Waals surface area contributed by atoms with Crippen LogP contribution in [0.2, 0.25) is 0 Å². The van der Waals surface area contributed by atoms with Crippen molar-refractivity contribution in [3.63, 3.8) is 0 Å². The van der Waals surface area contributed by atoms with E-state index in [1.165, 1.54) is 0 Å². The number of aromatic nitrogens is 2. The molecule has 0 bridgehead atoms. The van der Waals surface area contributed by atoms with Crippen LogP contribution in [0.5, 0.6) is 0 Å². The third-order valence-corrected chi connectivity index (χ3v) is 1.54. The fourth-order valence-corrected chi connectivity index (χ4v) is 0.878. The molecule has 0 amide bonds. The molecule has 1 aromatic rings. The van der Waals surface area contributed by atoms with Gasteiger partial charge in [-0.3, -0.25) is 0 Å². The molecule has 7 nitrogen and oxygen atoms in total. The summed E-state index contributed by atoms with van der Waals surface area (Å²) < 4.78 is 25.8. The van der Waals surface area contributed by atoms with E-state index in [1.807, 2.05) is 0 Å². The van der Waals surface area contributed by atoms with E-state index in [1.54, 1.807) is 0 Å². The molecule has 1 aromatic heterocycles. The van der Waals surface area contributed by atoms with Gasteiger partial charge in [-0.15, -0.1) is 0 Å². The highest BCUT2D eigenvalue weighted by Gasteiger charge is 2.42. The second-order valence-corrected chi connectivity index (χ2v) is 2.62. The Bertz CT molecular complexity index is 403. The summed E-state index contributed by atoms with van der Waals surface area (Å²) in [5.74, 6) is -7.23. The minimum Gasteiger partial charge on any atom is -0.477 e. The Morgan fingerprint density at radius 2 is 2.33 bits per heavy atom. The van der Waals surface area contributed by atoms with E-state index in [-0.39, 0.29) is 0 Å². The predicted octanol–water partition coefficient (Wildman–Crippen LogP) is 0.511. The highest BCUT2D eigenvalue weighted by Crippen LogP contribution is 2.19. The van der Waals surface area contributed by atoms with Crippen LogP contribution < -0.4 is 0 Å². The summed E-state index contributed by atoms with van der Waals surface area (Å²) in [4.78, 5) is 22.6. The zero-order chi connectivity index (χ0) is 11.6. The second-order valence-electron chi connectivity index (χ2n) is 2.62. The molecule has 15 heavy (non-hydrogen) atoms. The molecular formula is C6H5F2N3O4. The Labute approximate surface area is 81.1 Å². The van der Waals surface area contributed by atoms with Crippen molar-refractivity contribution in [3.8, 4) is 0 Å². The Hall–Kier alpha value is -2.06. The molecule has 0 unspecified atom stereocenters. The molecule has 1 heterocycles. The van der Waals surface area contributed by atoms with Crippen molar-refractivity contribution in [2.24, 2.45) is 0 Å². The Balaban J connectivity index is 2.95. The van der Waals surface area contributed by atoms with E-state index < -0.39 is 29.3 Å². The lowest BCUT2D eigenvalue weighted by atomic mass is 10.3. The number of alkyl halides is 2. The largest absolute Gasteiger partial charge is 0.477 e. The Morgan fingerprint density at radius 3 is 2.80 bits per heavy atom. The number of nitrogens with zero attached hydrogens (tertiary/aromatic N) is 3. The molecule has 0 aliphatic heterocycles. The normalized spacial score (nSPS) is 11.3. The third-order valence-electron chi connectivity index (χ3n) is 1.54. The highest BCUT2D eigenvalue weighted by molar-refractivity contribution is 5.75. The van der Waals surface area contributed by atoms with Crippen molar-refractivity contribution >= 4 is 11.9 Å². The van der Waals surface area contributed by atoms with E-state index in [2.05, 4.69) is 4.98 Å². The molecular weight excluding hydrogens is 216 g/mol. The van der Waals surface area contributed by atoms with Gasteiger partial charge in [0, 0.05) is 0 Å². The van der Waals surface area contributed by atoms with Crippen molar-refractivity contribution in [1.82, 2.24) is 9.55 Å². The zero-order valence-electron chi connectivity index (χ0n) is 7.13. The number of hydrogen-bond acceptors (Lipinski definition) is 4. The van der Waals surface area contributed by atoms with Gasteiger partial charge in [0.2, 0.25) is 0 Å². The molecule has 1 rings (SSSR count). The van der Waals surface area contributed by atoms with Gasteiger partial charge < -0.3 is 15.2 Å². The van der Waals surface area contributed by atoms with E-state index in [0.29, 0.717) is 4.57 Å². The lowest BCUT2D eigenvalue weighted by Crippen LogP contribution is -2.33. The molecule has 0 aromatic carbocycles. The van der Waals surface area contributed by atoms with Crippen molar-refractivity contribution in [2.75, 3.05) is 0 Å². The summed E-state index contributed by atoms with van der Waals surface area (Å²) >= 11 is 0. The van der Waals surface area contributed by atoms with Crippen LogP contribution in [0.1, 0.15) is 0 Å². The van der Waals surface area contributed by atoms with Crippen LogP contribution in [-0.4, -0.2) is 31.5 Å². The van der Waals surface area contributed by atoms with Crippen LogP contribution in [0.4, 0.5) is 14.7 Å². The van der Waals surface area contributed by atoms with Gasteiger partial charge in [-0.1, -0.05) is 4.98 Å². The lowest BCUT2D eigenvalue weighted by Gasteiger charge is -2.09. The first-order chi connectivity index (χ1) is 6.84. The van der Waals surface area contributed by atoms with Crippen LogP contribution >= 0.6 is 0 Å². The van der Waals surface area contributed by atoms with Gasteiger partial charge >= 0.3 is 17.8 Å². The minimum absolute atomic E-state index is 0.466. The SMILES string of the molecule is O=C(O)C(F)(F)Cn1ccnc1[N+](=O)[O-]. The molecule has 82 valence electrons. The van der Waals surface area contributed by atoms with Gasteiger partial charge in [0.05, 0.1) is 0 Å². The molecule has 0 saturated carbocycles. The number of nitro groups is 1. The van der Waals surface area contributed by atoms with E-state index in [0.717, 1.165) is 12.4 Å². The van der Waals surface area contributed by atoms with Gasteiger partial charge in [-0.2, -0.15) is 8.78 Å². The fourth-order valence-electron chi connectivity index (χ4n) is 0.878. The summed E-state index contributed by atoms with van der Waals surface area (Å²) in [6.07, 6.45) is 1.85. The van der Waals surface area contributed by atoms with E-state index in [4.69, 9.17) is 5.11 Å². The van der Waals surface area contributed by atoms with Crippen LogP contribution in [0.15, 0.2) is 12.4 Å². The minimum atomic E-state index is -4.06. The number of rotatable bonds is 4. The summed E-state index contributed by atoms with van der Waals surface area (Å²) in [5.41, 5.74) is 0. The van der Waals surface area contributed by atoms with Crippen LogP contribution in [0, 0.1) is 10.1 Å². The second kappa shape index (κ2) is 3.59. The maximum absolute atomic E-state index is 12.7. The molecule has 0 radical (unpaired) electrons. The monoisotopic (exact) mass is 221 g/mol. The predicted molar refractivity (Wildman–Crippen MR) is 41.5 cm³/mol. The van der Waals surface area contributed by atoms with Crippen molar-refractivity contribution < 1.29 is 23.6 Å². The maximum Gasteiger partial charge on any atom is 0.434 e. The van der Waals surface area contributed by atoms with Crippen molar-refractivity contribution in [2.45, 2.75) is 12.5 Å². The molecule has 0 atom stereocenters. The van der Waals surface area contributed by atoms with Crippen molar-refractivity contribution in [1.29, 1.82) is 0 Å². The highest BCUT2D eigenvalue weighted by atomic mass is 19.3. The third kappa shape index (κ3) is 2.24. The molecule has 9 heteroatoms. The fraction of sp³-hybridized carbons (Fsp3) is 0.333. The molecule has 0 fully saturated rings. The average molecular weight is 221 g/mol. The lowest BCUT2D eigenvalue weighted by molar-refractivity contribution is -0.397. The smallest absolute Gasteiger partial charge is 0.434 e. The van der Waals surface area contributed by atoms with E-state index in [9.17, 15) is 23.7 Å². The molecule has 1 N–H and O–H groups in total.